The van der Waals surface area contributed by atoms with Gasteiger partial charge in [-0.25, -0.2) is 0 Å². The normalized spacial score (nSPS) is 18.4. The van der Waals surface area contributed by atoms with Crippen LogP contribution >= 0.6 is 0 Å². The average Bonchev–Trinajstić information content (AvgIpc) is 2.48. The highest BCUT2D eigenvalue weighted by atomic mass is 16.5. The van der Waals surface area contributed by atoms with Crippen molar-refractivity contribution in [2.45, 2.75) is 25.8 Å². The third kappa shape index (κ3) is 3.29. The second-order valence-electron chi connectivity index (χ2n) is 5.34. The van der Waals surface area contributed by atoms with E-state index < -0.39 is 5.54 Å². The van der Waals surface area contributed by atoms with Gasteiger partial charge in [0.05, 0.1) is 30.1 Å². The number of nitrogens with two attached hydrogens (primary N) is 1. The molecule has 1 unspecified atom stereocenters. The van der Waals surface area contributed by atoms with Crippen LogP contribution in [0, 0.1) is 0 Å². The number of rotatable bonds is 4. The van der Waals surface area contributed by atoms with E-state index in [2.05, 4.69) is 10.2 Å². The molecule has 1 heterocycles. The van der Waals surface area contributed by atoms with Crippen LogP contribution in [0.3, 0.4) is 0 Å². The van der Waals surface area contributed by atoms with Crippen molar-refractivity contribution in [2.75, 3.05) is 36.5 Å². The van der Waals surface area contributed by atoms with Crippen LogP contribution in [0.4, 0.5) is 11.4 Å². The lowest BCUT2D eigenvalue weighted by Gasteiger charge is -2.31. The highest BCUT2D eigenvalue weighted by Gasteiger charge is 2.27. The van der Waals surface area contributed by atoms with E-state index in [1.165, 1.54) is 0 Å². The van der Waals surface area contributed by atoms with Crippen molar-refractivity contribution in [1.82, 2.24) is 0 Å². The second kappa shape index (κ2) is 6.24. The number of nitrogens with zero attached hydrogens (tertiary/aromatic N) is 1. The van der Waals surface area contributed by atoms with Crippen molar-refractivity contribution in [3.8, 4) is 0 Å². The number of carbonyl (C=O) groups is 1. The fraction of sp³-hybridized carbons (Fsp3) is 0.533. The molecule has 1 aromatic rings. The Hall–Kier alpha value is -1.59. The zero-order valence-corrected chi connectivity index (χ0v) is 12.2. The van der Waals surface area contributed by atoms with Crippen LogP contribution in [0.25, 0.3) is 0 Å². The summed E-state index contributed by atoms with van der Waals surface area (Å²) in [6, 6.07) is 7.82. The Morgan fingerprint density at radius 2 is 2.05 bits per heavy atom. The van der Waals surface area contributed by atoms with Crippen LogP contribution in [0.1, 0.15) is 20.3 Å². The lowest BCUT2D eigenvalue weighted by Crippen LogP contribution is -2.48. The van der Waals surface area contributed by atoms with Gasteiger partial charge in [0.2, 0.25) is 5.91 Å². The number of hydrogen-bond donors (Lipinski definition) is 2. The molecule has 1 atom stereocenters. The minimum absolute atomic E-state index is 0.152. The summed E-state index contributed by atoms with van der Waals surface area (Å²) in [6.07, 6.45) is 0.596. The summed E-state index contributed by atoms with van der Waals surface area (Å²) in [6.45, 7) is 6.76. The van der Waals surface area contributed by atoms with E-state index in [4.69, 9.17) is 10.5 Å². The minimum atomic E-state index is -0.849. The molecule has 1 aliphatic rings. The van der Waals surface area contributed by atoms with E-state index in [0.29, 0.717) is 19.6 Å². The van der Waals surface area contributed by atoms with E-state index in [0.717, 1.165) is 24.5 Å². The lowest BCUT2D eigenvalue weighted by atomic mass is 9.99. The van der Waals surface area contributed by atoms with Gasteiger partial charge in [-0.1, -0.05) is 19.1 Å². The van der Waals surface area contributed by atoms with Crippen molar-refractivity contribution in [1.29, 1.82) is 0 Å². The summed E-state index contributed by atoms with van der Waals surface area (Å²) >= 11 is 0. The highest BCUT2D eigenvalue weighted by molar-refractivity contribution is 6.00. The molecule has 0 radical (unpaired) electrons. The van der Waals surface area contributed by atoms with Crippen molar-refractivity contribution >= 4 is 17.3 Å². The Bertz CT molecular complexity index is 468. The first kappa shape index (κ1) is 14.8. The summed E-state index contributed by atoms with van der Waals surface area (Å²) in [7, 11) is 0. The Kier molecular flexibility index (Phi) is 4.62. The molecule has 1 aliphatic heterocycles. The van der Waals surface area contributed by atoms with Gasteiger partial charge in [0, 0.05) is 13.1 Å². The number of anilines is 2. The van der Waals surface area contributed by atoms with E-state index >= 15 is 0 Å². The summed E-state index contributed by atoms with van der Waals surface area (Å²) in [4.78, 5) is 14.4. The molecule has 0 spiro atoms. The SMILES string of the molecule is CCC(C)(N)C(=O)Nc1ccccc1N1CCOCC1. The third-order valence-electron chi connectivity index (χ3n) is 3.76. The first-order chi connectivity index (χ1) is 9.54. The number of ether oxygens (including phenoxy) is 1. The first-order valence-electron chi connectivity index (χ1n) is 7.06. The monoisotopic (exact) mass is 277 g/mol. The van der Waals surface area contributed by atoms with Crippen LogP contribution in [0.5, 0.6) is 0 Å². The van der Waals surface area contributed by atoms with E-state index in [-0.39, 0.29) is 5.91 Å². The summed E-state index contributed by atoms with van der Waals surface area (Å²) in [5.74, 6) is -0.152. The van der Waals surface area contributed by atoms with E-state index in [1.807, 2.05) is 31.2 Å². The first-order valence-corrected chi connectivity index (χ1v) is 7.06. The molecule has 0 bridgehead atoms. The van der Waals surface area contributed by atoms with Gasteiger partial charge >= 0.3 is 0 Å². The van der Waals surface area contributed by atoms with Crippen molar-refractivity contribution < 1.29 is 9.53 Å². The molecule has 20 heavy (non-hydrogen) atoms. The quantitative estimate of drug-likeness (QED) is 0.877. The molecule has 0 aromatic heterocycles. The van der Waals surface area contributed by atoms with Gasteiger partial charge in [0.15, 0.2) is 0 Å². The number of para-hydroxylation sites is 2. The van der Waals surface area contributed by atoms with Gasteiger partial charge in [-0.15, -0.1) is 0 Å². The largest absolute Gasteiger partial charge is 0.378 e. The van der Waals surface area contributed by atoms with Gasteiger partial charge < -0.3 is 20.7 Å². The molecular formula is C15H23N3O2. The van der Waals surface area contributed by atoms with Gasteiger partial charge in [-0.05, 0) is 25.5 Å². The smallest absolute Gasteiger partial charge is 0.244 e. The molecule has 0 saturated carbocycles. The molecule has 1 aromatic carbocycles. The second-order valence-corrected chi connectivity index (χ2v) is 5.34. The fourth-order valence-corrected chi connectivity index (χ4v) is 2.08. The Balaban J connectivity index is 2.17. The summed E-state index contributed by atoms with van der Waals surface area (Å²) < 4.78 is 5.36. The Morgan fingerprint density at radius 3 is 2.70 bits per heavy atom. The number of nitrogens with one attached hydrogen (secondary N) is 1. The van der Waals surface area contributed by atoms with Gasteiger partial charge in [0.1, 0.15) is 0 Å². The summed E-state index contributed by atoms with van der Waals surface area (Å²) in [5, 5.41) is 2.95. The third-order valence-corrected chi connectivity index (χ3v) is 3.76. The molecule has 3 N–H and O–H groups in total. The molecule has 2 rings (SSSR count). The molecule has 5 nitrogen and oxygen atoms in total. The van der Waals surface area contributed by atoms with Gasteiger partial charge in [0.25, 0.3) is 0 Å². The van der Waals surface area contributed by atoms with Crippen LogP contribution in [-0.4, -0.2) is 37.7 Å². The maximum atomic E-state index is 12.2. The van der Waals surface area contributed by atoms with Crippen molar-refractivity contribution in [2.24, 2.45) is 5.73 Å². The topological polar surface area (TPSA) is 67.6 Å². The molecule has 1 fully saturated rings. The number of carbonyl (C=O) groups excluding carboxylic acids is 1. The standard InChI is InChI=1S/C15H23N3O2/c1-3-15(2,16)14(19)17-12-6-4-5-7-13(12)18-8-10-20-11-9-18/h4-7H,3,8-11,16H2,1-2H3,(H,17,19). The number of amides is 1. The predicted molar refractivity (Wildman–Crippen MR) is 81.0 cm³/mol. The lowest BCUT2D eigenvalue weighted by molar-refractivity contribution is -0.120. The van der Waals surface area contributed by atoms with Crippen LogP contribution in [0.15, 0.2) is 24.3 Å². The van der Waals surface area contributed by atoms with Crippen LogP contribution in [-0.2, 0) is 9.53 Å². The number of benzene rings is 1. The van der Waals surface area contributed by atoms with Crippen molar-refractivity contribution in [3.63, 3.8) is 0 Å². The zero-order valence-electron chi connectivity index (χ0n) is 12.2. The minimum Gasteiger partial charge on any atom is -0.378 e. The number of hydrogen-bond acceptors (Lipinski definition) is 4. The molecular weight excluding hydrogens is 254 g/mol. The van der Waals surface area contributed by atoms with Crippen LogP contribution in [0.2, 0.25) is 0 Å². The fourth-order valence-electron chi connectivity index (χ4n) is 2.08. The molecule has 5 heteroatoms. The number of morpholine rings is 1. The highest BCUT2D eigenvalue weighted by Crippen LogP contribution is 2.27. The van der Waals surface area contributed by atoms with Crippen LogP contribution < -0.4 is 16.0 Å². The zero-order chi connectivity index (χ0) is 14.6. The molecule has 0 aliphatic carbocycles. The molecule has 110 valence electrons. The molecule has 1 amide bonds. The summed E-state index contributed by atoms with van der Waals surface area (Å²) in [5.41, 5.74) is 6.98. The molecule has 1 saturated heterocycles. The van der Waals surface area contributed by atoms with Gasteiger partial charge in [-0.2, -0.15) is 0 Å². The van der Waals surface area contributed by atoms with Crippen molar-refractivity contribution in [3.05, 3.63) is 24.3 Å². The maximum Gasteiger partial charge on any atom is 0.244 e. The predicted octanol–water partition coefficient (Wildman–Crippen LogP) is 1.59. The van der Waals surface area contributed by atoms with Gasteiger partial charge in [-0.3, -0.25) is 4.79 Å². The maximum absolute atomic E-state index is 12.2. The van der Waals surface area contributed by atoms with E-state index in [1.54, 1.807) is 6.92 Å². The average molecular weight is 277 g/mol. The van der Waals surface area contributed by atoms with E-state index in [9.17, 15) is 4.79 Å². The Labute approximate surface area is 120 Å². The Morgan fingerprint density at radius 1 is 1.40 bits per heavy atom.